The van der Waals surface area contributed by atoms with Crippen LogP contribution in [0, 0.1) is 27.7 Å². The summed E-state index contributed by atoms with van der Waals surface area (Å²) < 4.78 is 13.6. The molecule has 0 spiro atoms. The summed E-state index contributed by atoms with van der Waals surface area (Å²) in [6, 6.07) is 6.06. The molecule has 1 aliphatic heterocycles. The second-order valence-electron chi connectivity index (χ2n) is 9.76. The van der Waals surface area contributed by atoms with Crippen LogP contribution in [0.5, 0.6) is 0 Å². The average molecular weight is 442 g/mol. The van der Waals surface area contributed by atoms with Gasteiger partial charge in [-0.05, 0) is 78.0 Å². The molecular formula is C26H35NO5. The number of benzene rings is 1. The molecule has 1 N–H and O–H groups in total. The lowest BCUT2D eigenvalue weighted by Gasteiger charge is -2.35. The summed E-state index contributed by atoms with van der Waals surface area (Å²) in [7, 11) is 0. The van der Waals surface area contributed by atoms with Crippen molar-refractivity contribution in [1.82, 2.24) is 4.57 Å². The van der Waals surface area contributed by atoms with Crippen molar-refractivity contribution in [2.24, 2.45) is 0 Å². The Bertz CT molecular complexity index is 1070. The highest BCUT2D eigenvalue weighted by molar-refractivity contribution is 5.76. The van der Waals surface area contributed by atoms with Gasteiger partial charge in [-0.3, -0.25) is 4.79 Å². The summed E-state index contributed by atoms with van der Waals surface area (Å²) in [6.07, 6.45) is 0.271. The van der Waals surface area contributed by atoms with Gasteiger partial charge < -0.3 is 19.1 Å². The normalized spacial score (nSPS) is 16.2. The number of carboxylic acid groups (broad SMARTS) is 1. The van der Waals surface area contributed by atoms with E-state index in [1.54, 1.807) is 6.92 Å². The smallest absolute Gasteiger partial charge is 0.339 e. The lowest BCUT2D eigenvalue weighted by molar-refractivity contribution is -0.161. The zero-order valence-corrected chi connectivity index (χ0v) is 20.2. The fourth-order valence-electron chi connectivity index (χ4n) is 4.50. The van der Waals surface area contributed by atoms with Crippen LogP contribution < -0.4 is 5.43 Å². The van der Waals surface area contributed by atoms with E-state index in [4.69, 9.17) is 9.47 Å². The van der Waals surface area contributed by atoms with Crippen LogP contribution in [0.25, 0.3) is 11.1 Å². The van der Waals surface area contributed by atoms with E-state index in [-0.39, 0.29) is 11.5 Å². The predicted molar refractivity (Wildman–Crippen MR) is 125 cm³/mol. The van der Waals surface area contributed by atoms with E-state index in [1.807, 2.05) is 64.3 Å². The number of hydrogen-bond acceptors (Lipinski definition) is 4. The summed E-state index contributed by atoms with van der Waals surface area (Å²) in [5, 5.41) is 10.1. The molecule has 32 heavy (non-hydrogen) atoms. The van der Waals surface area contributed by atoms with E-state index in [0.29, 0.717) is 30.0 Å². The van der Waals surface area contributed by atoms with Gasteiger partial charge in [0.2, 0.25) is 0 Å². The third kappa shape index (κ3) is 4.81. The van der Waals surface area contributed by atoms with E-state index in [0.717, 1.165) is 35.2 Å². The SMILES string of the molecule is Cc1ccc(-c2c(C)n(C3CCOCC3)c(C(OC(C)(C)C)C(=O)O)c(C)c2=O)cc1C. The zero-order valence-electron chi connectivity index (χ0n) is 20.2. The Morgan fingerprint density at radius 1 is 1.12 bits per heavy atom. The van der Waals surface area contributed by atoms with Gasteiger partial charge in [0.05, 0.1) is 11.3 Å². The predicted octanol–water partition coefficient (Wildman–Crippen LogP) is 5.04. The Labute approximate surface area is 190 Å². The maximum atomic E-state index is 13.6. The van der Waals surface area contributed by atoms with Crippen molar-refractivity contribution < 1.29 is 19.4 Å². The lowest BCUT2D eigenvalue weighted by Crippen LogP contribution is -2.35. The summed E-state index contributed by atoms with van der Waals surface area (Å²) in [6.45, 7) is 14.4. The number of aliphatic carboxylic acids is 1. The molecule has 6 heteroatoms. The lowest BCUT2D eigenvalue weighted by atomic mass is 9.93. The van der Waals surface area contributed by atoms with Crippen LogP contribution in [-0.4, -0.2) is 34.5 Å². The molecule has 0 radical (unpaired) electrons. The average Bonchev–Trinajstić information content (AvgIpc) is 2.71. The first-order valence-corrected chi connectivity index (χ1v) is 11.2. The van der Waals surface area contributed by atoms with Crippen molar-refractivity contribution in [2.45, 2.75) is 79.1 Å². The highest BCUT2D eigenvalue weighted by Crippen LogP contribution is 2.35. The van der Waals surface area contributed by atoms with Gasteiger partial charge in [0, 0.05) is 36.1 Å². The molecule has 2 heterocycles. The van der Waals surface area contributed by atoms with Crippen LogP contribution in [0.3, 0.4) is 0 Å². The van der Waals surface area contributed by atoms with Crippen LogP contribution in [0.15, 0.2) is 23.0 Å². The molecule has 1 aromatic heterocycles. The van der Waals surface area contributed by atoms with Crippen LogP contribution in [0.4, 0.5) is 0 Å². The molecule has 1 saturated heterocycles. The summed E-state index contributed by atoms with van der Waals surface area (Å²) in [4.78, 5) is 26.0. The van der Waals surface area contributed by atoms with Crippen LogP contribution in [0.1, 0.15) is 73.8 Å². The summed E-state index contributed by atoms with van der Waals surface area (Å²) in [5.74, 6) is -1.10. The Kier molecular flexibility index (Phi) is 6.96. The molecular weight excluding hydrogens is 406 g/mol. The molecule has 1 unspecified atom stereocenters. The monoisotopic (exact) mass is 441 g/mol. The highest BCUT2D eigenvalue weighted by atomic mass is 16.5. The minimum atomic E-state index is -1.24. The van der Waals surface area contributed by atoms with Crippen molar-refractivity contribution >= 4 is 5.97 Å². The van der Waals surface area contributed by atoms with Crippen molar-refractivity contribution in [3.05, 3.63) is 56.5 Å². The van der Waals surface area contributed by atoms with Crippen molar-refractivity contribution in [3.63, 3.8) is 0 Å². The third-order valence-corrected chi connectivity index (χ3v) is 6.23. The van der Waals surface area contributed by atoms with Gasteiger partial charge in [-0.1, -0.05) is 18.2 Å². The van der Waals surface area contributed by atoms with Gasteiger partial charge in [0.25, 0.3) is 0 Å². The molecule has 1 aliphatic rings. The van der Waals surface area contributed by atoms with Gasteiger partial charge in [-0.2, -0.15) is 0 Å². The van der Waals surface area contributed by atoms with Gasteiger partial charge in [0.1, 0.15) is 0 Å². The standard InChI is InChI=1S/C26H35NO5/c1-15-8-9-19(14-16(15)2)21-18(4)27(20-10-12-31-13-11-20)22(17(3)23(21)28)24(25(29)30)32-26(5,6)7/h8-9,14,20,24H,10-13H2,1-7H3,(H,29,30). The first-order valence-electron chi connectivity index (χ1n) is 11.2. The number of ether oxygens (including phenoxy) is 2. The molecule has 0 amide bonds. The molecule has 6 nitrogen and oxygen atoms in total. The molecule has 0 aliphatic carbocycles. The Morgan fingerprint density at radius 2 is 1.75 bits per heavy atom. The molecule has 0 saturated carbocycles. The van der Waals surface area contributed by atoms with Crippen LogP contribution >= 0.6 is 0 Å². The minimum Gasteiger partial charge on any atom is -0.479 e. The molecule has 1 atom stereocenters. The molecule has 2 aromatic rings. The molecule has 1 fully saturated rings. The third-order valence-electron chi connectivity index (χ3n) is 6.23. The number of aromatic nitrogens is 1. The first kappa shape index (κ1) is 24.2. The van der Waals surface area contributed by atoms with Gasteiger partial charge in [0.15, 0.2) is 11.5 Å². The molecule has 174 valence electrons. The topological polar surface area (TPSA) is 77.8 Å². The number of aryl methyl sites for hydroxylation is 2. The summed E-state index contributed by atoms with van der Waals surface area (Å²) in [5.41, 5.74) is 4.56. The van der Waals surface area contributed by atoms with E-state index in [1.165, 1.54) is 0 Å². The van der Waals surface area contributed by atoms with E-state index >= 15 is 0 Å². The fraction of sp³-hybridized carbons (Fsp3) is 0.538. The van der Waals surface area contributed by atoms with Crippen LogP contribution in [-0.2, 0) is 14.3 Å². The van der Waals surface area contributed by atoms with Crippen molar-refractivity contribution in [2.75, 3.05) is 13.2 Å². The molecule has 3 rings (SSSR count). The first-order chi connectivity index (χ1) is 14.9. The van der Waals surface area contributed by atoms with E-state index < -0.39 is 17.7 Å². The van der Waals surface area contributed by atoms with E-state index in [9.17, 15) is 14.7 Å². The Hall–Kier alpha value is -2.44. The number of carbonyl (C=O) groups is 1. The second-order valence-corrected chi connectivity index (χ2v) is 9.76. The quantitative estimate of drug-likeness (QED) is 0.703. The van der Waals surface area contributed by atoms with Gasteiger partial charge in [-0.25, -0.2) is 4.79 Å². The minimum absolute atomic E-state index is 0.0359. The number of rotatable bonds is 5. The Morgan fingerprint density at radius 3 is 2.28 bits per heavy atom. The second kappa shape index (κ2) is 9.20. The number of carboxylic acids is 1. The maximum Gasteiger partial charge on any atom is 0.339 e. The fourth-order valence-corrected chi connectivity index (χ4v) is 4.50. The van der Waals surface area contributed by atoms with Crippen molar-refractivity contribution in [3.8, 4) is 11.1 Å². The van der Waals surface area contributed by atoms with Crippen molar-refractivity contribution in [1.29, 1.82) is 0 Å². The number of pyridine rings is 1. The maximum absolute atomic E-state index is 13.6. The molecule has 1 aromatic carbocycles. The molecule has 0 bridgehead atoms. The van der Waals surface area contributed by atoms with E-state index in [2.05, 4.69) is 0 Å². The van der Waals surface area contributed by atoms with Gasteiger partial charge in [-0.15, -0.1) is 0 Å². The Balaban J connectivity index is 2.35. The van der Waals surface area contributed by atoms with Gasteiger partial charge >= 0.3 is 5.97 Å². The zero-order chi connectivity index (χ0) is 23.8. The number of nitrogens with zero attached hydrogens (tertiary/aromatic N) is 1. The summed E-state index contributed by atoms with van der Waals surface area (Å²) >= 11 is 0. The van der Waals surface area contributed by atoms with Crippen LogP contribution in [0.2, 0.25) is 0 Å². The highest BCUT2D eigenvalue weighted by Gasteiger charge is 2.35. The largest absolute Gasteiger partial charge is 0.479 e. The number of hydrogen-bond donors (Lipinski definition) is 1.